The SMILES string of the molecule is CCCN[SiH2][Si](C)(C)C. The Labute approximate surface area is 61.9 Å². The van der Waals surface area contributed by atoms with E-state index in [4.69, 9.17) is 0 Å². The first-order valence-electron chi connectivity index (χ1n) is 3.77. The van der Waals surface area contributed by atoms with Gasteiger partial charge in [0.05, 0.1) is 9.20 Å². The molecule has 0 aliphatic carbocycles. The Morgan fingerprint density at radius 1 is 1.33 bits per heavy atom. The zero-order valence-electron chi connectivity index (χ0n) is 7.12. The number of hydrogen-bond acceptors (Lipinski definition) is 1. The second kappa shape index (κ2) is 4.25. The molecule has 56 valence electrons. The van der Waals surface area contributed by atoms with E-state index in [1.807, 2.05) is 0 Å². The summed E-state index contributed by atoms with van der Waals surface area (Å²) in [6, 6.07) is 0. The van der Waals surface area contributed by atoms with Crippen molar-refractivity contribution in [2.24, 2.45) is 0 Å². The van der Waals surface area contributed by atoms with Gasteiger partial charge in [-0.2, -0.15) is 0 Å². The third-order valence-electron chi connectivity index (χ3n) is 1.08. The molecule has 0 radical (unpaired) electrons. The molecule has 3 heteroatoms. The van der Waals surface area contributed by atoms with E-state index in [0.717, 1.165) is 0 Å². The lowest BCUT2D eigenvalue weighted by Gasteiger charge is -2.14. The van der Waals surface area contributed by atoms with E-state index in [9.17, 15) is 0 Å². The minimum Gasteiger partial charge on any atom is -0.344 e. The molecule has 0 saturated heterocycles. The van der Waals surface area contributed by atoms with E-state index in [0.29, 0.717) is 0 Å². The van der Waals surface area contributed by atoms with Crippen LogP contribution in [0.25, 0.3) is 0 Å². The van der Waals surface area contributed by atoms with Gasteiger partial charge in [-0.3, -0.25) is 0 Å². The van der Waals surface area contributed by atoms with Gasteiger partial charge >= 0.3 is 0 Å². The van der Waals surface area contributed by atoms with Crippen molar-refractivity contribution in [1.82, 2.24) is 4.98 Å². The van der Waals surface area contributed by atoms with Crippen LogP contribution in [0.4, 0.5) is 0 Å². The Morgan fingerprint density at radius 2 is 1.89 bits per heavy atom. The van der Waals surface area contributed by atoms with Crippen LogP contribution in [-0.4, -0.2) is 23.3 Å². The molecule has 0 fully saturated rings. The van der Waals surface area contributed by atoms with Gasteiger partial charge in [-0.15, -0.1) is 0 Å². The van der Waals surface area contributed by atoms with Gasteiger partial charge in [-0.25, -0.2) is 0 Å². The summed E-state index contributed by atoms with van der Waals surface area (Å²) in [5.74, 6) is 0. The third-order valence-corrected chi connectivity index (χ3v) is 6.68. The average Bonchev–Trinajstić information content (AvgIpc) is 1.63. The normalized spacial score (nSPS) is 13.3. The zero-order chi connectivity index (χ0) is 7.33. The Kier molecular flexibility index (Phi) is 4.43. The second-order valence-electron chi connectivity index (χ2n) is 3.74. The van der Waals surface area contributed by atoms with E-state index in [1.165, 1.54) is 13.0 Å². The molecule has 0 aromatic rings. The van der Waals surface area contributed by atoms with Gasteiger partial charge < -0.3 is 4.98 Å². The summed E-state index contributed by atoms with van der Waals surface area (Å²) >= 11 is 0. The first-order valence-corrected chi connectivity index (χ1v) is 10.3. The van der Waals surface area contributed by atoms with Crippen molar-refractivity contribution in [3.05, 3.63) is 0 Å². The van der Waals surface area contributed by atoms with E-state index >= 15 is 0 Å². The smallest absolute Gasteiger partial charge is 0.0828 e. The first kappa shape index (κ1) is 9.39. The van der Waals surface area contributed by atoms with Crippen LogP contribution in [0.2, 0.25) is 19.6 Å². The van der Waals surface area contributed by atoms with E-state index in [2.05, 4.69) is 31.5 Å². The van der Waals surface area contributed by atoms with Crippen LogP contribution in [0.1, 0.15) is 13.3 Å². The third kappa shape index (κ3) is 8.39. The van der Waals surface area contributed by atoms with E-state index in [1.54, 1.807) is 0 Å². The molecule has 0 aromatic heterocycles. The molecule has 0 aliphatic heterocycles. The highest BCUT2D eigenvalue weighted by molar-refractivity contribution is 7.22. The topological polar surface area (TPSA) is 12.0 Å². The van der Waals surface area contributed by atoms with Crippen LogP contribution in [-0.2, 0) is 0 Å². The molecule has 1 N–H and O–H groups in total. The lowest BCUT2D eigenvalue weighted by molar-refractivity contribution is 0.865. The number of hydrogen-bond donors (Lipinski definition) is 1. The number of rotatable bonds is 4. The van der Waals surface area contributed by atoms with E-state index in [-0.39, 0.29) is 9.20 Å². The Bertz CT molecular complexity index is 67.9. The highest BCUT2D eigenvalue weighted by Crippen LogP contribution is 1.93. The fraction of sp³-hybridized carbons (Fsp3) is 1.00. The molecule has 1 nitrogen and oxygen atoms in total. The molecule has 9 heavy (non-hydrogen) atoms. The van der Waals surface area contributed by atoms with Gasteiger partial charge in [-0.1, -0.05) is 26.6 Å². The molecule has 0 rings (SSSR count). The van der Waals surface area contributed by atoms with Gasteiger partial charge in [0.15, 0.2) is 0 Å². The summed E-state index contributed by atoms with van der Waals surface area (Å²) in [5.41, 5.74) is 0. The average molecular weight is 161 g/mol. The quantitative estimate of drug-likeness (QED) is 0.477. The lowest BCUT2D eigenvalue weighted by atomic mass is 10.5. The second-order valence-corrected chi connectivity index (χ2v) is 17.1. The van der Waals surface area contributed by atoms with Crippen LogP contribution < -0.4 is 4.98 Å². The summed E-state index contributed by atoms with van der Waals surface area (Å²) in [6.45, 7) is 10.8. The molecule has 0 saturated carbocycles. The minimum atomic E-state index is -0.667. The molecule has 0 aromatic carbocycles. The molecule has 0 heterocycles. The number of nitrogens with one attached hydrogen (secondary N) is 1. The maximum Gasteiger partial charge on any atom is 0.0828 e. The fourth-order valence-corrected chi connectivity index (χ4v) is 4.70. The van der Waals surface area contributed by atoms with Crippen molar-refractivity contribution in [3.63, 3.8) is 0 Å². The molecule has 0 unspecified atom stereocenters. The molecule has 0 amide bonds. The summed E-state index contributed by atoms with van der Waals surface area (Å²) < 4.78 is 0. The van der Waals surface area contributed by atoms with Crippen LogP contribution >= 0.6 is 0 Å². The van der Waals surface area contributed by atoms with Crippen molar-refractivity contribution in [2.75, 3.05) is 6.54 Å². The largest absolute Gasteiger partial charge is 0.344 e. The highest BCUT2D eigenvalue weighted by atomic mass is 29.2. The van der Waals surface area contributed by atoms with Crippen molar-refractivity contribution in [3.8, 4) is 0 Å². The molecule has 0 atom stereocenters. The Balaban J connectivity index is 3.07. The maximum atomic E-state index is 3.58. The van der Waals surface area contributed by atoms with Crippen LogP contribution in [0.3, 0.4) is 0 Å². The van der Waals surface area contributed by atoms with Gasteiger partial charge in [0.25, 0.3) is 0 Å². The molecular weight excluding hydrogens is 142 g/mol. The van der Waals surface area contributed by atoms with Gasteiger partial charge in [-0.05, 0) is 13.0 Å². The van der Waals surface area contributed by atoms with Crippen molar-refractivity contribution < 1.29 is 0 Å². The zero-order valence-corrected chi connectivity index (χ0v) is 9.54. The Morgan fingerprint density at radius 3 is 2.22 bits per heavy atom. The van der Waals surface area contributed by atoms with Crippen molar-refractivity contribution in [2.45, 2.75) is 33.0 Å². The predicted molar refractivity (Wildman–Crippen MR) is 50.2 cm³/mol. The van der Waals surface area contributed by atoms with Crippen molar-refractivity contribution >= 4 is 16.8 Å². The molecule has 0 aliphatic rings. The minimum absolute atomic E-state index is 0.128. The summed E-state index contributed by atoms with van der Waals surface area (Å²) in [4.78, 5) is 3.58. The van der Waals surface area contributed by atoms with Crippen molar-refractivity contribution in [1.29, 1.82) is 0 Å². The lowest BCUT2D eigenvalue weighted by Crippen LogP contribution is -2.41. The first-order chi connectivity index (χ1) is 4.06. The maximum absolute atomic E-state index is 3.58. The fourth-order valence-electron chi connectivity index (χ4n) is 0.640. The van der Waals surface area contributed by atoms with Crippen LogP contribution in [0, 0.1) is 0 Å². The summed E-state index contributed by atoms with van der Waals surface area (Å²) in [7, 11) is -0.539. The van der Waals surface area contributed by atoms with Gasteiger partial charge in [0.1, 0.15) is 0 Å². The van der Waals surface area contributed by atoms with Crippen LogP contribution in [0.15, 0.2) is 0 Å². The van der Waals surface area contributed by atoms with Crippen LogP contribution in [0.5, 0.6) is 0 Å². The molecule has 0 spiro atoms. The highest BCUT2D eigenvalue weighted by Gasteiger charge is 2.11. The Hall–Kier alpha value is 0.394. The molecular formula is C6H19NSi2. The summed E-state index contributed by atoms with van der Waals surface area (Å²) in [5, 5.41) is 0. The summed E-state index contributed by atoms with van der Waals surface area (Å²) in [6.07, 6.45) is 1.29. The van der Waals surface area contributed by atoms with Gasteiger partial charge in [0, 0.05) is 7.59 Å². The predicted octanol–water partition coefficient (Wildman–Crippen LogP) is 0.905. The monoisotopic (exact) mass is 161 g/mol. The van der Waals surface area contributed by atoms with E-state index < -0.39 is 7.59 Å². The standard InChI is InChI=1S/C6H19NSi2/c1-5-6-7-8-9(2,3)4/h7H,5-6,8H2,1-4H3. The van der Waals surface area contributed by atoms with Gasteiger partial charge in [0.2, 0.25) is 0 Å². The molecule has 0 bridgehead atoms.